The van der Waals surface area contributed by atoms with Crippen LogP contribution in [-0.4, -0.2) is 56.5 Å². The van der Waals surface area contributed by atoms with E-state index in [1.807, 2.05) is 32.9 Å². The van der Waals surface area contributed by atoms with Gasteiger partial charge in [-0.1, -0.05) is 0 Å². The first-order valence-electron chi connectivity index (χ1n) is 11.2. The quantitative estimate of drug-likeness (QED) is 0.698. The van der Waals surface area contributed by atoms with E-state index < -0.39 is 5.54 Å². The van der Waals surface area contributed by atoms with Gasteiger partial charge in [0.2, 0.25) is 6.79 Å². The molecule has 1 atom stereocenters. The van der Waals surface area contributed by atoms with Gasteiger partial charge in [0.05, 0.1) is 20.3 Å². The van der Waals surface area contributed by atoms with Crippen molar-refractivity contribution in [3.8, 4) is 23.0 Å². The highest BCUT2D eigenvalue weighted by Crippen LogP contribution is 2.38. The summed E-state index contributed by atoms with van der Waals surface area (Å²) in [5, 5.41) is 6.02. The predicted octanol–water partition coefficient (Wildman–Crippen LogP) is 3.27. The van der Waals surface area contributed by atoms with E-state index in [1.54, 1.807) is 37.3 Å². The number of carbonyl (C=O) groups excluding carboxylic acids is 2. The van der Waals surface area contributed by atoms with Gasteiger partial charge in [0.1, 0.15) is 0 Å². The van der Waals surface area contributed by atoms with Gasteiger partial charge in [-0.25, -0.2) is 4.79 Å². The molecular formula is C25H31N3O6. The zero-order valence-electron chi connectivity index (χ0n) is 20.2. The lowest BCUT2D eigenvalue weighted by molar-refractivity contribution is 0.0932. The molecule has 2 aromatic rings. The Kier molecular flexibility index (Phi) is 6.45. The first-order chi connectivity index (χ1) is 16.2. The lowest BCUT2D eigenvalue weighted by atomic mass is 9.91. The van der Waals surface area contributed by atoms with Crippen LogP contribution in [0.5, 0.6) is 23.0 Å². The smallest absolute Gasteiger partial charge is 0.318 e. The van der Waals surface area contributed by atoms with Gasteiger partial charge in [0.15, 0.2) is 23.0 Å². The number of hydrogen-bond donors (Lipinski definition) is 2. The SMILES string of the molecule is COc1cc2c(cc1OC)C(CNC(=O)c1ccc3c(c1)OCO3)N(C(=O)NC(C)(C)C)CC2. The summed E-state index contributed by atoms with van der Waals surface area (Å²) in [6.45, 7) is 6.69. The van der Waals surface area contributed by atoms with Crippen molar-refractivity contribution >= 4 is 11.9 Å². The third kappa shape index (κ3) is 4.83. The highest BCUT2D eigenvalue weighted by Gasteiger charge is 2.34. The highest BCUT2D eigenvalue weighted by molar-refractivity contribution is 5.95. The fraction of sp³-hybridized carbons (Fsp3) is 0.440. The standard InChI is InChI=1S/C25H31N3O6/c1-25(2,3)27-24(30)28-9-8-15-10-20(31-4)21(32-5)12-17(15)18(28)13-26-23(29)16-6-7-19-22(11-16)34-14-33-19/h6-7,10-12,18H,8-9,13-14H2,1-5H3,(H,26,29)(H,27,30). The van der Waals surface area contributed by atoms with Crippen LogP contribution in [0.3, 0.4) is 0 Å². The van der Waals surface area contributed by atoms with Gasteiger partial charge in [0.25, 0.3) is 5.91 Å². The summed E-state index contributed by atoms with van der Waals surface area (Å²) in [5.74, 6) is 2.10. The van der Waals surface area contributed by atoms with Crippen LogP contribution < -0.4 is 29.6 Å². The van der Waals surface area contributed by atoms with Gasteiger partial charge < -0.3 is 34.5 Å². The molecule has 9 nitrogen and oxygen atoms in total. The number of amides is 3. The Morgan fingerprint density at radius 3 is 2.47 bits per heavy atom. The fourth-order valence-electron chi connectivity index (χ4n) is 4.21. The lowest BCUT2D eigenvalue weighted by Crippen LogP contribution is -2.53. The van der Waals surface area contributed by atoms with Crippen molar-refractivity contribution < 1.29 is 28.5 Å². The van der Waals surface area contributed by atoms with Gasteiger partial charge >= 0.3 is 6.03 Å². The molecule has 2 aliphatic rings. The largest absolute Gasteiger partial charge is 0.493 e. The van der Waals surface area contributed by atoms with Crippen molar-refractivity contribution in [2.24, 2.45) is 0 Å². The van der Waals surface area contributed by atoms with Crippen LogP contribution in [0.2, 0.25) is 0 Å². The Morgan fingerprint density at radius 2 is 1.76 bits per heavy atom. The second kappa shape index (κ2) is 9.32. The molecule has 0 saturated carbocycles. The number of fused-ring (bicyclic) bond motifs is 2. The van der Waals surface area contributed by atoms with Crippen LogP contribution in [-0.2, 0) is 6.42 Å². The van der Waals surface area contributed by atoms with Gasteiger partial charge in [-0.05, 0) is 68.7 Å². The van der Waals surface area contributed by atoms with Crippen LogP contribution in [0.25, 0.3) is 0 Å². The maximum atomic E-state index is 13.2. The molecule has 2 N–H and O–H groups in total. The maximum absolute atomic E-state index is 13.2. The number of methoxy groups -OCH3 is 2. The summed E-state index contributed by atoms with van der Waals surface area (Å²) < 4.78 is 21.7. The average molecular weight is 470 g/mol. The van der Waals surface area contributed by atoms with Crippen molar-refractivity contribution in [1.82, 2.24) is 15.5 Å². The van der Waals surface area contributed by atoms with Gasteiger partial charge in [0, 0.05) is 24.2 Å². The predicted molar refractivity (Wildman–Crippen MR) is 126 cm³/mol. The number of rotatable bonds is 5. The molecule has 34 heavy (non-hydrogen) atoms. The number of nitrogens with one attached hydrogen (secondary N) is 2. The summed E-state index contributed by atoms with van der Waals surface area (Å²) >= 11 is 0. The number of benzene rings is 2. The Balaban J connectivity index is 1.61. The minimum atomic E-state index is -0.394. The van der Waals surface area contributed by atoms with E-state index >= 15 is 0 Å². The molecule has 9 heteroatoms. The highest BCUT2D eigenvalue weighted by atomic mass is 16.7. The summed E-state index contributed by atoms with van der Waals surface area (Å²) in [6.07, 6.45) is 0.667. The molecule has 2 aromatic carbocycles. The first-order valence-corrected chi connectivity index (χ1v) is 11.2. The second-order valence-electron chi connectivity index (χ2n) is 9.32. The molecule has 0 fully saturated rings. The van der Waals surface area contributed by atoms with E-state index in [0.717, 1.165) is 11.1 Å². The molecule has 2 aliphatic heterocycles. The molecule has 0 radical (unpaired) electrons. The van der Waals surface area contributed by atoms with E-state index in [2.05, 4.69) is 10.6 Å². The number of urea groups is 1. The minimum Gasteiger partial charge on any atom is -0.493 e. The number of carbonyl (C=O) groups is 2. The van der Waals surface area contributed by atoms with Gasteiger partial charge in [-0.15, -0.1) is 0 Å². The molecule has 4 rings (SSSR count). The summed E-state index contributed by atoms with van der Waals surface area (Å²) in [5.41, 5.74) is 2.03. The number of hydrogen-bond acceptors (Lipinski definition) is 6. The van der Waals surface area contributed by atoms with Crippen LogP contribution >= 0.6 is 0 Å². The molecule has 0 saturated heterocycles. The molecule has 0 bridgehead atoms. The Labute approximate surface area is 199 Å². The van der Waals surface area contributed by atoms with E-state index in [9.17, 15) is 9.59 Å². The van der Waals surface area contributed by atoms with Crippen molar-refractivity contribution in [2.75, 3.05) is 34.1 Å². The molecule has 1 unspecified atom stereocenters. The molecule has 0 aromatic heterocycles. The number of nitrogens with zero attached hydrogens (tertiary/aromatic N) is 1. The van der Waals surface area contributed by atoms with E-state index in [0.29, 0.717) is 41.5 Å². The molecule has 0 spiro atoms. The fourth-order valence-corrected chi connectivity index (χ4v) is 4.21. The third-order valence-corrected chi connectivity index (χ3v) is 5.84. The normalized spacial score (nSPS) is 16.5. The van der Waals surface area contributed by atoms with Crippen LogP contribution in [0.4, 0.5) is 4.79 Å². The van der Waals surface area contributed by atoms with E-state index in [-0.39, 0.29) is 31.3 Å². The Hall–Kier alpha value is -3.62. The van der Waals surface area contributed by atoms with Crippen LogP contribution in [0, 0.1) is 0 Å². The Bertz CT molecular complexity index is 1090. The number of ether oxygens (including phenoxy) is 4. The Morgan fingerprint density at radius 1 is 1.06 bits per heavy atom. The summed E-state index contributed by atoms with van der Waals surface area (Å²) in [4.78, 5) is 27.9. The zero-order chi connectivity index (χ0) is 24.5. The van der Waals surface area contributed by atoms with Gasteiger partial charge in [-0.2, -0.15) is 0 Å². The van der Waals surface area contributed by atoms with Gasteiger partial charge in [-0.3, -0.25) is 4.79 Å². The second-order valence-corrected chi connectivity index (χ2v) is 9.32. The minimum absolute atomic E-state index is 0.141. The summed E-state index contributed by atoms with van der Waals surface area (Å²) in [7, 11) is 3.17. The van der Waals surface area contributed by atoms with Crippen molar-refractivity contribution in [1.29, 1.82) is 0 Å². The van der Waals surface area contributed by atoms with E-state index in [4.69, 9.17) is 18.9 Å². The van der Waals surface area contributed by atoms with Crippen molar-refractivity contribution in [3.05, 3.63) is 47.0 Å². The molecular weight excluding hydrogens is 438 g/mol. The van der Waals surface area contributed by atoms with Crippen molar-refractivity contribution in [3.63, 3.8) is 0 Å². The topological polar surface area (TPSA) is 98.4 Å². The summed E-state index contributed by atoms with van der Waals surface area (Å²) in [6, 6.07) is 8.33. The monoisotopic (exact) mass is 469 g/mol. The molecule has 0 aliphatic carbocycles. The van der Waals surface area contributed by atoms with Crippen molar-refractivity contribution in [2.45, 2.75) is 38.8 Å². The first kappa shape index (κ1) is 23.5. The lowest BCUT2D eigenvalue weighted by Gasteiger charge is -2.39. The average Bonchev–Trinajstić information content (AvgIpc) is 3.28. The molecule has 3 amide bonds. The third-order valence-electron chi connectivity index (χ3n) is 5.84. The van der Waals surface area contributed by atoms with E-state index in [1.165, 1.54) is 0 Å². The molecule has 2 heterocycles. The maximum Gasteiger partial charge on any atom is 0.318 e. The van der Waals surface area contributed by atoms with Crippen LogP contribution in [0.1, 0.15) is 48.3 Å². The zero-order valence-corrected chi connectivity index (χ0v) is 20.2. The van der Waals surface area contributed by atoms with Crippen LogP contribution in [0.15, 0.2) is 30.3 Å². The molecule has 182 valence electrons.